The summed E-state index contributed by atoms with van der Waals surface area (Å²) in [6, 6.07) is 7.36. The van der Waals surface area contributed by atoms with Crippen molar-refractivity contribution >= 4 is 11.8 Å². The van der Waals surface area contributed by atoms with Crippen LogP contribution in [0.15, 0.2) is 41.7 Å². The molecule has 0 atom stereocenters. The van der Waals surface area contributed by atoms with E-state index in [1.54, 1.807) is 24.2 Å². The standard InChI is InChI=1S/C11H12N2OS/c1-13-8-12-6-9(13)7-15-11-5-3-2-4-10(11)14/h2-6,8,14H,7H2,1H3. The van der Waals surface area contributed by atoms with Crippen molar-refractivity contribution < 1.29 is 5.11 Å². The second-order valence-corrected chi connectivity index (χ2v) is 4.27. The number of hydrogen-bond acceptors (Lipinski definition) is 3. The van der Waals surface area contributed by atoms with Crippen molar-refractivity contribution in [2.45, 2.75) is 10.6 Å². The van der Waals surface area contributed by atoms with Gasteiger partial charge in [-0.1, -0.05) is 12.1 Å². The maximum atomic E-state index is 9.57. The number of benzene rings is 1. The van der Waals surface area contributed by atoms with E-state index >= 15 is 0 Å². The Morgan fingerprint density at radius 1 is 1.40 bits per heavy atom. The molecule has 0 radical (unpaired) electrons. The molecule has 0 bridgehead atoms. The molecule has 3 nitrogen and oxygen atoms in total. The molecule has 1 N–H and O–H groups in total. The Hall–Kier alpha value is -1.42. The van der Waals surface area contributed by atoms with Crippen LogP contribution in [0.5, 0.6) is 5.75 Å². The fourth-order valence-electron chi connectivity index (χ4n) is 1.25. The lowest BCUT2D eigenvalue weighted by atomic mass is 10.3. The quantitative estimate of drug-likeness (QED) is 0.807. The number of phenols is 1. The van der Waals surface area contributed by atoms with Gasteiger partial charge in [0.1, 0.15) is 5.75 Å². The molecule has 2 rings (SSSR count). The molecular weight excluding hydrogens is 208 g/mol. The minimum Gasteiger partial charge on any atom is -0.507 e. The lowest BCUT2D eigenvalue weighted by Crippen LogP contribution is -1.91. The number of aromatic nitrogens is 2. The maximum absolute atomic E-state index is 9.57. The number of para-hydroxylation sites is 1. The Morgan fingerprint density at radius 3 is 2.87 bits per heavy atom. The van der Waals surface area contributed by atoms with Gasteiger partial charge in [-0.25, -0.2) is 4.98 Å². The van der Waals surface area contributed by atoms with Crippen LogP contribution in [0.1, 0.15) is 5.69 Å². The van der Waals surface area contributed by atoms with E-state index in [0.29, 0.717) is 5.75 Å². The number of aromatic hydroxyl groups is 1. The van der Waals surface area contributed by atoms with Gasteiger partial charge in [-0.05, 0) is 12.1 Å². The van der Waals surface area contributed by atoms with Crippen LogP contribution in [0.4, 0.5) is 0 Å². The van der Waals surface area contributed by atoms with E-state index < -0.39 is 0 Å². The average molecular weight is 220 g/mol. The van der Waals surface area contributed by atoms with Gasteiger partial charge in [-0.3, -0.25) is 0 Å². The first-order valence-electron chi connectivity index (χ1n) is 4.63. The Morgan fingerprint density at radius 2 is 2.20 bits per heavy atom. The summed E-state index contributed by atoms with van der Waals surface area (Å²) in [6.45, 7) is 0. The monoisotopic (exact) mass is 220 g/mol. The molecule has 1 aromatic heterocycles. The summed E-state index contributed by atoms with van der Waals surface area (Å²) in [7, 11) is 1.97. The van der Waals surface area contributed by atoms with Gasteiger partial charge in [-0.15, -0.1) is 11.8 Å². The molecule has 0 saturated heterocycles. The maximum Gasteiger partial charge on any atom is 0.129 e. The summed E-state index contributed by atoms with van der Waals surface area (Å²) in [5.74, 6) is 1.15. The zero-order valence-corrected chi connectivity index (χ0v) is 9.24. The highest BCUT2D eigenvalue weighted by molar-refractivity contribution is 7.98. The van der Waals surface area contributed by atoms with Crippen LogP contribution in [0, 0.1) is 0 Å². The normalized spacial score (nSPS) is 10.5. The van der Waals surface area contributed by atoms with Gasteiger partial charge in [0.2, 0.25) is 0 Å². The molecule has 4 heteroatoms. The van der Waals surface area contributed by atoms with Crippen LogP contribution < -0.4 is 0 Å². The molecule has 0 aliphatic heterocycles. The number of phenolic OH excluding ortho intramolecular Hbond substituents is 1. The molecule has 2 aromatic rings. The third kappa shape index (κ3) is 2.33. The summed E-state index contributed by atoms with van der Waals surface area (Å²) in [5.41, 5.74) is 1.14. The van der Waals surface area contributed by atoms with Gasteiger partial charge in [-0.2, -0.15) is 0 Å². The molecule has 1 aromatic carbocycles. The summed E-state index contributed by atoms with van der Waals surface area (Å²) >= 11 is 1.61. The third-order valence-electron chi connectivity index (χ3n) is 2.16. The Bertz CT molecular complexity index is 453. The van der Waals surface area contributed by atoms with Gasteiger partial charge < -0.3 is 9.67 Å². The van der Waals surface area contributed by atoms with E-state index in [2.05, 4.69) is 4.98 Å². The average Bonchev–Trinajstić information content (AvgIpc) is 2.63. The number of rotatable bonds is 3. The van der Waals surface area contributed by atoms with Crippen molar-refractivity contribution in [2.24, 2.45) is 7.05 Å². The number of imidazole rings is 1. The van der Waals surface area contributed by atoms with E-state index in [-0.39, 0.29) is 0 Å². The van der Waals surface area contributed by atoms with Crippen molar-refractivity contribution in [3.8, 4) is 5.75 Å². The Labute approximate surface area is 92.8 Å². The minimum atomic E-state index is 0.338. The number of aryl methyl sites for hydroxylation is 1. The van der Waals surface area contributed by atoms with Crippen molar-refractivity contribution in [1.29, 1.82) is 0 Å². The van der Waals surface area contributed by atoms with Crippen molar-refractivity contribution in [3.63, 3.8) is 0 Å². The van der Waals surface area contributed by atoms with Crippen molar-refractivity contribution in [1.82, 2.24) is 9.55 Å². The molecule has 0 spiro atoms. The first-order chi connectivity index (χ1) is 7.27. The highest BCUT2D eigenvalue weighted by Gasteiger charge is 2.03. The lowest BCUT2D eigenvalue weighted by molar-refractivity contribution is 0.462. The zero-order valence-electron chi connectivity index (χ0n) is 8.42. The predicted octanol–water partition coefficient (Wildman–Crippen LogP) is 2.42. The van der Waals surface area contributed by atoms with Gasteiger partial charge in [0.15, 0.2) is 0 Å². The van der Waals surface area contributed by atoms with Gasteiger partial charge in [0.25, 0.3) is 0 Å². The molecule has 1 heterocycles. The molecule has 0 aliphatic carbocycles. The zero-order chi connectivity index (χ0) is 10.7. The molecule has 0 aliphatic rings. The number of hydrogen-bond donors (Lipinski definition) is 1. The van der Waals surface area contributed by atoms with Crippen molar-refractivity contribution in [2.75, 3.05) is 0 Å². The first kappa shape index (κ1) is 10.1. The molecule has 0 unspecified atom stereocenters. The van der Waals surface area contributed by atoms with Gasteiger partial charge in [0, 0.05) is 29.6 Å². The van der Waals surface area contributed by atoms with Crippen LogP contribution in [-0.2, 0) is 12.8 Å². The van der Waals surface area contributed by atoms with Gasteiger partial charge >= 0.3 is 0 Å². The van der Waals surface area contributed by atoms with Crippen LogP contribution in [0.2, 0.25) is 0 Å². The van der Waals surface area contributed by atoms with Crippen LogP contribution in [0.25, 0.3) is 0 Å². The Balaban J connectivity index is 2.06. The fraction of sp³-hybridized carbons (Fsp3) is 0.182. The molecule has 0 saturated carbocycles. The minimum absolute atomic E-state index is 0.338. The summed E-state index contributed by atoms with van der Waals surface area (Å²) in [6.07, 6.45) is 3.62. The smallest absolute Gasteiger partial charge is 0.129 e. The topological polar surface area (TPSA) is 38.0 Å². The van der Waals surface area contributed by atoms with Crippen LogP contribution in [-0.4, -0.2) is 14.7 Å². The number of nitrogens with zero attached hydrogens (tertiary/aromatic N) is 2. The SMILES string of the molecule is Cn1cncc1CSc1ccccc1O. The molecule has 0 amide bonds. The number of thioether (sulfide) groups is 1. The summed E-state index contributed by atoms with van der Waals surface area (Å²) in [4.78, 5) is 4.95. The third-order valence-corrected chi connectivity index (χ3v) is 3.25. The predicted molar refractivity (Wildman–Crippen MR) is 60.9 cm³/mol. The summed E-state index contributed by atoms with van der Waals surface area (Å²) < 4.78 is 1.98. The van der Waals surface area contributed by atoms with Crippen LogP contribution >= 0.6 is 11.8 Å². The largest absolute Gasteiger partial charge is 0.507 e. The van der Waals surface area contributed by atoms with Gasteiger partial charge in [0.05, 0.1) is 6.33 Å². The Kier molecular flexibility index (Phi) is 2.97. The van der Waals surface area contributed by atoms with Crippen molar-refractivity contribution in [3.05, 3.63) is 42.5 Å². The second-order valence-electron chi connectivity index (χ2n) is 3.25. The van der Waals surface area contributed by atoms with E-state index in [9.17, 15) is 5.11 Å². The molecular formula is C11H12N2OS. The molecule has 15 heavy (non-hydrogen) atoms. The molecule has 78 valence electrons. The fourth-order valence-corrected chi connectivity index (χ4v) is 2.23. The van der Waals surface area contributed by atoms with E-state index in [1.165, 1.54) is 0 Å². The van der Waals surface area contributed by atoms with E-state index in [0.717, 1.165) is 16.3 Å². The highest BCUT2D eigenvalue weighted by Crippen LogP contribution is 2.29. The summed E-state index contributed by atoms with van der Waals surface area (Å²) in [5, 5.41) is 9.57. The molecule has 0 fully saturated rings. The first-order valence-corrected chi connectivity index (χ1v) is 5.62. The highest BCUT2D eigenvalue weighted by atomic mass is 32.2. The van der Waals surface area contributed by atoms with E-state index in [4.69, 9.17) is 0 Å². The van der Waals surface area contributed by atoms with E-state index in [1.807, 2.05) is 36.0 Å². The van der Waals surface area contributed by atoms with Crippen LogP contribution in [0.3, 0.4) is 0 Å². The second kappa shape index (κ2) is 4.40. The lowest BCUT2D eigenvalue weighted by Gasteiger charge is -2.04.